The highest BCUT2D eigenvalue weighted by Crippen LogP contribution is 2.50. The molecular formula is C76H94F11N11O5. The number of nitrogen functional groups attached to an aromatic ring is 1. The quantitative estimate of drug-likeness (QED) is 0.0749. The van der Waals surface area contributed by atoms with Crippen molar-refractivity contribution in [3.8, 4) is 0 Å². The normalized spacial score (nSPS) is 17.1. The van der Waals surface area contributed by atoms with Gasteiger partial charge >= 0.3 is 5.97 Å². The first-order valence-electron chi connectivity index (χ1n) is 32.5. The zero-order valence-corrected chi connectivity index (χ0v) is 60.0. The number of Topliss-reactive ketones (excluding diaryl/α,β-unsaturated/α-hetero) is 1. The maximum atomic E-state index is 14.3. The highest BCUT2D eigenvalue weighted by atomic mass is 19.3. The summed E-state index contributed by atoms with van der Waals surface area (Å²) in [6.45, 7) is 27.4. The molecule has 0 spiro atoms. The van der Waals surface area contributed by atoms with Crippen LogP contribution in [0.2, 0.25) is 0 Å². The summed E-state index contributed by atoms with van der Waals surface area (Å²) in [5.74, 6) is -3.18. The van der Waals surface area contributed by atoms with Crippen LogP contribution in [0.4, 0.5) is 76.7 Å². The Kier molecular flexibility index (Phi) is 27.7. The molecule has 3 atom stereocenters. The number of hydrogen-bond donors (Lipinski definition) is 5. The van der Waals surface area contributed by atoms with Gasteiger partial charge in [0.15, 0.2) is 0 Å². The minimum Gasteiger partial charge on any atom is -0.478 e. The van der Waals surface area contributed by atoms with E-state index >= 15 is 0 Å². The number of carboxylic acids is 1. The van der Waals surface area contributed by atoms with Crippen LogP contribution in [0.1, 0.15) is 238 Å². The Bertz CT molecular complexity index is 4330. The number of nitrogens with one attached hydrogen (secondary N) is 3. The lowest BCUT2D eigenvalue weighted by Gasteiger charge is -2.46. The van der Waals surface area contributed by atoms with E-state index in [-0.39, 0.29) is 83.2 Å². The Hall–Kier alpha value is -9.82. The van der Waals surface area contributed by atoms with Crippen LogP contribution < -0.4 is 26.6 Å². The van der Waals surface area contributed by atoms with Crippen LogP contribution in [0.25, 0.3) is 5.57 Å². The number of nitrogens with two attached hydrogens (primary N) is 1. The standard InChI is InChI=1S/2C18H20F3N3O.C12H16FN.C12H14FN.C6H6F2N2O2.C6H6FN.C3H6O.CH4.H2/c1-10-8-18(2,3)24(14-6-5-11(19)7-12(10)14)17(25)13-9-23(4)22-15(13)16(20)21;1-9-7-18(2,3)14-11(19)5-6-12(13(9)14)22-17(25)10-8-24(4)23-15(10)16(20)21;2*1-8-7-12(2,3)14-11-5-4-9(13)6-10(8)11;1-10-2-3(6(11)12)4(9-10)5(7)8;7-5-1-3-6(8)4-2-5;1-3(2)4;;/h5-7,9-10,16H,8H2,1-4H3;5-6,8-9,16H,7H2,1-4H3,(H,22,25);4-6,8,14H,7H2,1-3H3;4-7,14H,1-3H3;2,5H,1H3,(H,11,12);1-4H,8H2;1-2H3;1H4;1H. The number of alkyl halides is 6. The first-order valence-corrected chi connectivity index (χ1v) is 32.5. The average molecular weight is 1450 g/mol. The summed E-state index contributed by atoms with van der Waals surface area (Å²) in [4.78, 5) is 47.0. The van der Waals surface area contributed by atoms with Crippen LogP contribution in [-0.4, -0.2) is 74.6 Å². The van der Waals surface area contributed by atoms with Crippen molar-refractivity contribution in [3.05, 3.63) is 206 Å². The second-order valence-electron chi connectivity index (χ2n) is 28.3. The minimum atomic E-state index is -2.85. The molecule has 3 aliphatic heterocycles. The number of amides is 2. The average Bonchev–Trinajstić information content (AvgIpc) is 1.31. The van der Waals surface area contributed by atoms with Gasteiger partial charge in [-0.25, -0.2) is 53.1 Å². The van der Waals surface area contributed by atoms with Gasteiger partial charge in [-0.2, -0.15) is 15.3 Å². The van der Waals surface area contributed by atoms with Crippen LogP contribution in [0, 0.1) is 29.1 Å². The molecular weight excluding hydrogens is 1360 g/mol. The maximum Gasteiger partial charge on any atom is 0.339 e. The minimum absolute atomic E-state index is 0. The number of rotatable bonds is 7. The van der Waals surface area contributed by atoms with Crippen molar-refractivity contribution in [2.45, 2.75) is 183 Å². The highest BCUT2D eigenvalue weighted by Gasteiger charge is 2.43. The molecule has 5 aromatic carbocycles. The van der Waals surface area contributed by atoms with E-state index in [9.17, 15) is 67.5 Å². The van der Waals surface area contributed by atoms with Gasteiger partial charge in [0, 0.05) is 86.2 Å². The lowest BCUT2D eigenvalue weighted by molar-refractivity contribution is -0.115. The van der Waals surface area contributed by atoms with Crippen LogP contribution >= 0.6 is 0 Å². The van der Waals surface area contributed by atoms with Gasteiger partial charge < -0.3 is 36.5 Å². The predicted molar refractivity (Wildman–Crippen MR) is 383 cm³/mol. The van der Waals surface area contributed by atoms with E-state index in [2.05, 4.69) is 71.9 Å². The second kappa shape index (κ2) is 34.0. The molecule has 0 saturated heterocycles. The van der Waals surface area contributed by atoms with Crippen LogP contribution in [-0.2, 0) is 31.4 Å². The molecule has 8 aromatic rings. The van der Waals surface area contributed by atoms with Crippen molar-refractivity contribution in [1.82, 2.24) is 29.3 Å². The fourth-order valence-electron chi connectivity index (χ4n) is 13.2. The number of aromatic nitrogens is 6. The third-order valence-electron chi connectivity index (χ3n) is 16.8. The van der Waals surface area contributed by atoms with Crippen LogP contribution in [0.15, 0.2) is 116 Å². The first kappa shape index (κ1) is 83.8. The van der Waals surface area contributed by atoms with Gasteiger partial charge in [-0.3, -0.25) is 23.6 Å². The van der Waals surface area contributed by atoms with Crippen molar-refractivity contribution in [1.29, 1.82) is 0 Å². The largest absolute Gasteiger partial charge is 0.478 e. The molecule has 27 heteroatoms. The number of carbonyl (C=O) groups is 4. The number of carboxylic acid groups (broad SMARTS) is 1. The summed E-state index contributed by atoms with van der Waals surface area (Å²) in [5, 5.41) is 28.6. The molecule has 3 aromatic heterocycles. The molecule has 3 unspecified atom stereocenters. The van der Waals surface area contributed by atoms with E-state index in [1.165, 1.54) is 122 Å². The zero-order chi connectivity index (χ0) is 76.6. The predicted octanol–water partition coefficient (Wildman–Crippen LogP) is 19.9. The number of aryl methyl sites for hydroxylation is 3. The number of benzene rings is 5. The number of aromatic carboxylic acids is 1. The Morgan fingerprint density at radius 1 is 0.592 bits per heavy atom. The molecule has 0 saturated carbocycles. The smallest absolute Gasteiger partial charge is 0.339 e. The fourth-order valence-corrected chi connectivity index (χ4v) is 13.2. The Morgan fingerprint density at radius 3 is 1.56 bits per heavy atom. The van der Waals surface area contributed by atoms with E-state index < -0.39 is 65.2 Å². The van der Waals surface area contributed by atoms with Gasteiger partial charge in [0.05, 0.1) is 16.7 Å². The van der Waals surface area contributed by atoms with E-state index in [0.717, 1.165) is 57.4 Å². The zero-order valence-electron chi connectivity index (χ0n) is 60.0. The number of carbonyl (C=O) groups excluding carboxylic acids is 3. The molecule has 6 heterocycles. The molecule has 16 nitrogen and oxygen atoms in total. The molecule has 1 aliphatic carbocycles. The van der Waals surface area contributed by atoms with Gasteiger partial charge in [0.1, 0.15) is 57.5 Å². The van der Waals surface area contributed by atoms with Gasteiger partial charge in [0.25, 0.3) is 31.1 Å². The summed E-state index contributed by atoms with van der Waals surface area (Å²) in [5.41, 5.74) is 10.7. The van der Waals surface area contributed by atoms with E-state index in [4.69, 9.17) is 10.8 Å². The first-order chi connectivity index (χ1) is 47.2. The Balaban J connectivity index is 0.000000270. The molecule has 560 valence electrons. The lowest BCUT2D eigenvalue weighted by atomic mass is 9.79. The third-order valence-corrected chi connectivity index (χ3v) is 16.8. The van der Waals surface area contributed by atoms with E-state index in [1.807, 2.05) is 54.5 Å². The number of anilines is 5. The Morgan fingerprint density at radius 2 is 1.05 bits per heavy atom. The van der Waals surface area contributed by atoms with Crippen molar-refractivity contribution in [3.63, 3.8) is 0 Å². The number of hydrogen-bond acceptors (Lipinski definition) is 10. The highest BCUT2D eigenvalue weighted by molar-refractivity contribution is 6.08. The molecule has 103 heavy (non-hydrogen) atoms. The van der Waals surface area contributed by atoms with Gasteiger partial charge in [-0.15, -0.1) is 0 Å². The van der Waals surface area contributed by atoms with Crippen LogP contribution in [0.3, 0.4) is 0 Å². The fraction of sp³-hybridized carbons (Fsp3) is 0.408. The second-order valence-corrected chi connectivity index (χ2v) is 28.3. The summed E-state index contributed by atoms with van der Waals surface area (Å²) >= 11 is 0. The number of nitrogens with zero attached hydrogens (tertiary/aromatic N) is 7. The van der Waals surface area contributed by atoms with Gasteiger partial charge in [-0.05, 0) is 224 Å². The number of halogens is 11. The number of allylic oxidation sites excluding steroid dienone is 1. The van der Waals surface area contributed by atoms with Crippen molar-refractivity contribution in [2.75, 3.05) is 26.6 Å². The molecule has 4 aliphatic rings. The number of fused-ring (bicyclic) bond motifs is 4. The maximum absolute atomic E-state index is 14.3. The summed E-state index contributed by atoms with van der Waals surface area (Å²) < 4.78 is 146. The summed E-state index contributed by atoms with van der Waals surface area (Å²) in [7, 11) is 4.36. The van der Waals surface area contributed by atoms with Crippen LogP contribution in [0.5, 0.6) is 0 Å². The molecule has 0 fully saturated rings. The monoisotopic (exact) mass is 1450 g/mol. The molecule has 12 rings (SSSR count). The molecule has 0 radical (unpaired) electrons. The van der Waals surface area contributed by atoms with Crippen molar-refractivity contribution in [2.24, 2.45) is 21.1 Å². The van der Waals surface area contributed by atoms with E-state index in [0.29, 0.717) is 40.5 Å². The summed E-state index contributed by atoms with van der Waals surface area (Å²) in [6.07, 6.45) is -0.423. The van der Waals surface area contributed by atoms with E-state index in [1.54, 1.807) is 24.3 Å². The lowest BCUT2D eigenvalue weighted by Crippen LogP contribution is -2.51. The molecule has 0 bridgehead atoms. The topological polar surface area (TPSA) is 207 Å². The van der Waals surface area contributed by atoms with Crippen molar-refractivity contribution >= 4 is 57.6 Å². The van der Waals surface area contributed by atoms with Crippen molar-refractivity contribution < 1.29 is 74.0 Å². The van der Waals surface area contributed by atoms with Gasteiger partial charge in [-0.1, -0.05) is 48.1 Å². The van der Waals surface area contributed by atoms with Gasteiger partial charge in [0.2, 0.25) is 0 Å². The molecule has 6 N–H and O–H groups in total. The number of ketones is 1. The SMILES string of the molecule is C.CC(C)=O.CC1=CC(C)(C)Nc2ccc(F)cc21.CC1CC(C)(C)N(C(=O)c2cn(C)nc2C(F)F)c2ccc(F)cc21.CC1CC(C)(C)Nc2ccc(F)cc21.CC1CC(C)(C)c2c(F)ccc(NC(=O)c3cn(C)nc3C(F)F)c21.Cn1cc(C(=O)O)c(C(F)F)n1.Nc1ccc(F)cc1.[HH]. The Labute approximate surface area is 595 Å². The third kappa shape index (κ3) is 21.6. The summed E-state index contributed by atoms with van der Waals surface area (Å²) in [6, 6.07) is 22.6. The molecule has 2 amide bonds.